The van der Waals surface area contributed by atoms with E-state index < -0.39 is 5.97 Å². The second-order valence-corrected chi connectivity index (χ2v) is 4.81. The van der Waals surface area contributed by atoms with E-state index in [0.717, 1.165) is 16.7 Å². The third-order valence-electron chi connectivity index (χ3n) is 3.47. The number of carbonyl (C=O) groups is 1. The van der Waals surface area contributed by atoms with Crippen molar-refractivity contribution in [3.05, 3.63) is 64.5 Å². The summed E-state index contributed by atoms with van der Waals surface area (Å²) in [4.78, 5) is 15.6. The first-order valence-electron chi connectivity index (χ1n) is 6.25. The van der Waals surface area contributed by atoms with Crippen LogP contribution in [0, 0.1) is 12.7 Å². The molecule has 4 heteroatoms. The molecule has 3 rings (SSSR count). The number of hydrogen-bond donors (Lipinski definition) is 1. The number of aliphatic imine (C=N–C) groups is 1. The van der Waals surface area contributed by atoms with Gasteiger partial charge in [0.15, 0.2) is 0 Å². The minimum absolute atomic E-state index is 0.187. The maximum absolute atomic E-state index is 13.4. The van der Waals surface area contributed by atoms with Crippen molar-refractivity contribution in [1.82, 2.24) is 0 Å². The largest absolute Gasteiger partial charge is 0.478 e. The molecule has 0 aromatic heterocycles. The van der Waals surface area contributed by atoms with Gasteiger partial charge in [0.1, 0.15) is 5.82 Å². The number of carboxylic acid groups (broad SMARTS) is 1. The molecular formula is C16H12FNO2. The summed E-state index contributed by atoms with van der Waals surface area (Å²) in [5.74, 6) is -1.31. The number of carboxylic acids is 1. The molecule has 1 aliphatic rings. The molecule has 0 aliphatic carbocycles. The number of nitrogens with zero attached hydrogens (tertiary/aromatic N) is 1. The third-order valence-corrected chi connectivity index (χ3v) is 3.47. The van der Waals surface area contributed by atoms with Crippen LogP contribution in [0.1, 0.15) is 27.0 Å². The molecule has 0 bridgehead atoms. The van der Waals surface area contributed by atoms with E-state index in [0.29, 0.717) is 17.8 Å². The Hall–Kier alpha value is -2.49. The van der Waals surface area contributed by atoms with Crippen LogP contribution >= 0.6 is 0 Å². The minimum atomic E-state index is -0.997. The molecule has 0 radical (unpaired) electrons. The van der Waals surface area contributed by atoms with E-state index in [1.54, 1.807) is 12.1 Å². The van der Waals surface area contributed by atoms with Crippen molar-refractivity contribution in [3.8, 4) is 0 Å². The fraction of sp³-hybridized carbons (Fsp3) is 0.125. The maximum Gasteiger partial charge on any atom is 0.337 e. The summed E-state index contributed by atoms with van der Waals surface area (Å²) in [5, 5.41) is 9.18. The van der Waals surface area contributed by atoms with Gasteiger partial charge in [-0.1, -0.05) is 18.2 Å². The van der Waals surface area contributed by atoms with Crippen LogP contribution in [-0.4, -0.2) is 16.8 Å². The monoisotopic (exact) mass is 269 g/mol. The zero-order chi connectivity index (χ0) is 14.3. The van der Waals surface area contributed by atoms with E-state index in [1.165, 1.54) is 18.2 Å². The number of rotatable bonds is 2. The van der Waals surface area contributed by atoms with E-state index in [1.807, 2.05) is 13.0 Å². The molecule has 0 saturated heterocycles. The predicted octanol–water partition coefficient (Wildman–Crippen LogP) is 3.51. The molecule has 1 N–H and O–H groups in total. The van der Waals surface area contributed by atoms with Gasteiger partial charge in [-0.15, -0.1) is 0 Å². The Morgan fingerprint density at radius 2 is 2.10 bits per heavy atom. The first-order chi connectivity index (χ1) is 9.56. The SMILES string of the molecule is Cc1ccc(F)cc1C1=Nc2c(cccc2C(=O)O)C1. The van der Waals surface area contributed by atoms with Crippen LogP contribution in [0.5, 0.6) is 0 Å². The minimum Gasteiger partial charge on any atom is -0.478 e. The molecule has 0 atom stereocenters. The lowest BCUT2D eigenvalue weighted by atomic mass is 9.99. The number of halogens is 1. The molecule has 0 fully saturated rings. The average molecular weight is 269 g/mol. The van der Waals surface area contributed by atoms with Crippen LogP contribution < -0.4 is 0 Å². The Labute approximate surface area is 115 Å². The zero-order valence-electron chi connectivity index (χ0n) is 10.9. The van der Waals surface area contributed by atoms with Crippen molar-refractivity contribution in [2.75, 3.05) is 0 Å². The lowest BCUT2D eigenvalue weighted by Crippen LogP contribution is -2.03. The summed E-state index contributed by atoms with van der Waals surface area (Å²) in [6, 6.07) is 9.65. The van der Waals surface area contributed by atoms with Crippen LogP contribution in [-0.2, 0) is 6.42 Å². The summed E-state index contributed by atoms with van der Waals surface area (Å²) in [6.07, 6.45) is 0.529. The maximum atomic E-state index is 13.4. The Morgan fingerprint density at radius 3 is 2.85 bits per heavy atom. The van der Waals surface area contributed by atoms with Crippen molar-refractivity contribution in [2.45, 2.75) is 13.3 Å². The molecule has 0 spiro atoms. The van der Waals surface area contributed by atoms with Gasteiger partial charge in [-0.05, 0) is 36.2 Å². The second-order valence-electron chi connectivity index (χ2n) is 4.81. The van der Waals surface area contributed by atoms with E-state index in [9.17, 15) is 14.3 Å². The number of para-hydroxylation sites is 1. The number of aryl methyl sites for hydroxylation is 1. The molecule has 3 nitrogen and oxygen atoms in total. The van der Waals surface area contributed by atoms with Gasteiger partial charge in [0, 0.05) is 12.0 Å². The first kappa shape index (κ1) is 12.5. The van der Waals surface area contributed by atoms with Crippen molar-refractivity contribution in [3.63, 3.8) is 0 Å². The van der Waals surface area contributed by atoms with Gasteiger partial charge in [0.25, 0.3) is 0 Å². The van der Waals surface area contributed by atoms with Gasteiger partial charge in [-0.2, -0.15) is 0 Å². The Balaban J connectivity index is 2.11. The van der Waals surface area contributed by atoms with Crippen molar-refractivity contribution >= 4 is 17.4 Å². The lowest BCUT2D eigenvalue weighted by Gasteiger charge is -2.05. The highest BCUT2D eigenvalue weighted by Crippen LogP contribution is 2.33. The topological polar surface area (TPSA) is 49.7 Å². The van der Waals surface area contributed by atoms with Crippen LogP contribution in [0.4, 0.5) is 10.1 Å². The van der Waals surface area contributed by atoms with E-state index in [-0.39, 0.29) is 11.4 Å². The molecular weight excluding hydrogens is 257 g/mol. The second kappa shape index (κ2) is 4.56. The van der Waals surface area contributed by atoms with Crippen molar-refractivity contribution in [1.29, 1.82) is 0 Å². The quantitative estimate of drug-likeness (QED) is 0.907. The summed E-state index contributed by atoms with van der Waals surface area (Å²) in [5.41, 5.74) is 3.91. The summed E-state index contributed by atoms with van der Waals surface area (Å²) < 4.78 is 13.4. The van der Waals surface area contributed by atoms with Gasteiger partial charge >= 0.3 is 5.97 Å². The van der Waals surface area contributed by atoms with E-state index >= 15 is 0 Å². The van der Waals surface area contributed by atoms with Crippen LogP contribution in [0.15, 0.2) is 41.4 Å². The Morgan fingerprint density at radius 1 is 1.30 bits per heavy atom. The van der Waals surface area contributed by atoms with Gasteiger partial charge in [0.2, 0.25) is 0 Å². The number of aromatic carboxylic acids is 1. The molecule has 20 heavy (non-hydrogen) atoms. The summed E-state index contributed by atoms with van der Waals surface area (Å²) >= 11 is 0. The van der Waals surface area contributed by atoms with Crippen molar-refractivity contribution < 1.29 is 14.3 Å². The number of benzene rings is 2. The lowest BCUT2D eigenvalue weighted by molar-refractivity contribution is 0.0698. The fourth-order valence-corrected chi connectivity index (χ4v) is 2.45. The van der Waals surface area contributed by atoms with Crippen LogP contribution in [0.2, 0.25) is 0 Å². The van der Waals surface area contributed by atoms with Gasteiger partial charge in [-0.3, -0.25) is 4.99 Å². The van der Waals surface area contributed by atoms with E-state index in [2.05, 4.69) is 4.99 Å². The fourth-order valence-electron chi connectivity index (χ4n) is 2.45. The Kier molecular flexibility index (Phi) is 2.86. The molecule has 1 heterocycles. The highest BCUT2D eigenvalue weighted by molar-refractivity contribution is 6.10. The molecule has 0 saturated carbocycles. The number of fused-ring (bicyclic) bond motifs is 1. The Bertz CT molecular complexity index is 750. The van der Waals surface area contributed by atoms with Gasteiger partial charge in [-0.25, -0.2) is 9.18 Å². The molecule has 0 amide bonds. The number of hydrogen-bond acceptors (Lipinski definition) is 2. The van der Waals surface area contributed by atoms with Crippen LogP contribution in [0.25, 0.3) is 0 Å². The normalized spacial score (nSPS) is 13.0. The van der Waals surface area contributed by atoms with Gasteiger partial charge < -0.3 is 5.11 Å². The summed E-state index contributed by atoms with van der Waals surface area (Å²) in [6.45, 7) is 1.89. The van der Waals surface area contributed by atoms with Gasteiger partial charge in [0.05, 0.1) is 17.0 Å². The first-order valence-corrected chi connectivity index (χ1v) is 6.25. The third kappa shape index (κ3) is 1.99. The zero-order valence-corrected chi connectivity index (χ0v) is 10.9. The predicted molar refractivity (Wildman–Crippen MR) is 74.4 cm³/mol. The smallest absolute Gasteiger partial charge is 0.337 e. The molecule has 2 aromatic rings. The standard InChI is InChI=1S/C16H12FNO2/c1-9-5-6-11(17)8-13(9)14-7-10-3-2-4-12(16(19)20)15(10)18-14/h2-6,8H,7H2,1H3,(H,19,20). The highest BCUT2D eigenvalue weighted by atomic mass is 19.1. The highest BCUT2D eigenvalue weighted by Gasteiger charge is 2.22. The molecule has 0 unspecified atom stereocenters. The summed E-state index contributed by atoms with van der Waals surface area (Å²) in [7, 11) is 0. The molecule has 1 aliphatic heterocycles. The molecule has 2 aromatic carbocycles. The van der Waals surface area contributed by atoms with Crippen LogP contribution in [0.3, 0.4) is 0 Å². The molecule has 100 valence electrons. The van der Waals surface area contributed by atoms with E-state index in [4.69, 9.17) is 0 Å². The average Bonchev–Trinajstić information content (AvgIpc) is 2.84. The van der Waals surface area contributed by atoms with Crippen molar-refractivity contribution in [2.24, 2.45) is 4.99 Å².